The molecule has 1 aromatic heterocycles. The van der Waals surface area contributed by atoms with Crippen LogP contribution in [0.3, 0.4) is 0 Å². The van der Waals surface area contributed by atoms with E-state index in [1.807, 2.05) is 0 Å². The van der Waals surface area contributed by atoms with Crippen molar-refractivity contribution in [3.05, 3.63) is 47.8 Å². The predicted octanol–water partition coefficient (Wildman–Crippen LogP) is 1.43. The first-order valence-electron chi connectivity index (χ1n) is 5.96. The Morgan fingerprint density at radius 3 is 2.75 bits per heavy atom. The van der Waals surface area contributed by atoms with Crippen LogP contribution in [-0.4, -0.2) is 35.8 Å². The van der Waals surface area contributed by atoms with Gasteiger partial charge < -0.3 is 0 Å². The second kappa shape index (κ2) is 5.56. The molecule has 2 rings (SSSR count). The van der Waals surface area contributed by atoms with E-state index in [0.29, 0.717) is 5.56 Å². The molecule has 0 bridgehead atoms. The van der Waals surface area contributed by atoms with Crippen molar-refractivity contribution >= 4 is 15.8 Å². The van der Waals surface area contributed by atoms with E-state index in [2.05, 4.69) is 10.2 Å². The second-order valence-corrected chi connectivity index (χ2v) is 6.50. The van der Waals surface area contributed by atoms with E-state index in [0.717, 1.165) is 5.56 Å². The maximum atomic E-state index is 12.4. The number of Topliss-reactive ketones (excluding diaryl/α,β-unsaturated/α-hetero) is 1. The molecular formula is C13H15N3O3S. The monoisotopic (exact) mass is 293 g/mol. The molecule has 1 N–H and O–H groups in total. The Labute approximate surface area is 117 Å². The number of benzene rings is 1. The molecule has 20 heavy (non-hydrogen) atoms. The maximum absolute atomic E-state index is 12.4. The highest BCUT2D eigenvalue weighted by Gasteiger charge is 2.21. The summed E-state index contributed by atoms with van der Waals surface area (Å²) < 4.78 is 26.1. The summed E-state index contributed by atoms with van der Waals surface area (Å²) in [5.74, 6) is -0.167. The van der Waals surface area contributed by atoms with Gasteiger partial charge in [-0.15, -0.1) is 0 Å². The lowest BCUT2D eigenvalue weighted by atomic mass is 10.2. The average Bonchev–Trinajstić information content (AvgIpc) is 2.91. The molecule has 0 fully saturated rings. The summed E-state index contributed by atoms with van der Waals surface area (Å²) >= 11 is 0. The van der Waals surface area contributed by atoms with Crippen LogP contribution in [0.1, 0.15) is 22.8 Å². The van der Waals surface area contributed by atoms with Crippen molar-refractivity contribution in [1.82, 2.24) is 14.5 Å². The minimum absolute atomic E-state index is 0.108. The van der Waals surface area contributed by atoms with Gasteiger partial charge in [-0.2, -0.15) is 9.40 Å². The molecule has 0 saturated heterocycles. The number of nitrogens with zero attached hydrogens (tertiary/aromatic N) is 2. The number of hydrogen-bond donors (Lipinski definition) is 1. The SMILES string of the molecule is CC(=O)c1cccc(S(=O)(=O)N(C)Cc2cn[nH]c2)c1. The fourth-order valence-electron chi connectivity index (χ4n) is 1.76. The Kier molecular flexibility index (Phi) is 4.01. The van der Waals surface area contributed by atoms with Crippen LogP contribution in [0.2, 0.25) is 0 Å². The zero-order valence-corrected chi connectivity index (χ0v) is 12.0. The van der Waals surface area contributed by atoms with Crippen molar-refractivity contribution in [1.29, 1.82) is 0 Å². The highest BCUT2D eigenvalue weighted by molar-refractivity contribution is 7.89. The Morgan fingerprint density at radius 2 is 2.15 bits per heavy atom. The molecular weight excluding hydrogens is 278 g/mol. The van der Waals surface area contributed by atoms with Gasteiger partial charge in [0.1, 0.15) is 0 Å². The molecule has 0 aliphatic carbocycles. The number of carbonyl (C=O) groups is 1. The molecule has 0 radical (unpaired) electrons. The molecule has 106 valence electrons. The summed E-state index contributed by atoms with van der Waals surface area (Å²) in [4.78, 5) is 11.4. The van der Waals surface area contributed by atoms with Gasteiger partial charge in [-0.1, -0.05) is 12.1 Å². The molecule has 1 heterocycles. The van der Waals surface area contributed by atoms with E-state index in [1.54, 1.807) is 24.5 Å². The third kappa shape index (κ3) is 2.94. The number of carbonyl (C=O) groups excluding carboxylic acids is 1. The Balaban J connectivity index is 2.29. The lowest BCUT2D eigenvalue weighted by molar-refractivity contribution is 0.101. The first-order chi connectivity index (χ1) is 9.41. The van der Waals surface area contributed by atoms with Gasteiger partial charge in [-0.3, -0.25) is 9.89 Å². The number of sulfonamides is 1. The minimum Gasteiger partial charge on any atom is -0.295 e. The second-order valence-electron chi connectivity index (χ2n) is 4.45. The van der Waals surface area contributed by atoms with Gasteiger partial charge >= 0.3 is 0 Å². The molecule has 0 aliphatic rings. The normalized spacial score (nSPS) is 11.8. The summed E-state index contributed by atoms with van der Waals surface area (Å²) in [6, 6.07) is 6.03. The molecule has 2 aromatic rings. The van der Waals surface area contributed by atoms with Gasteiger partial charge in [0.25, 0.3) is 0 Å². The molecule has 0 saturated carbocycles. The highest BCUT2D eigenvalue weighted by atomic mass is 32.2. The number of aromatic nitrogens is 2. The lowest BCUT2D eigenvalue weighted by Crippen LogP contribution is -2.26. The van der Waals surface area contributed by atoms with E-state index in [1.165, 1.54) is 30.4 Å². The standard InChI is InChI=1S/C13H15N3O3S/c1-10(17)12-4-3-5-13(6-12)20(18,19)16(2)9-11-7-14-15-8-11/h3-8H,9H2,1-2H3,(H,14,15). The molecule has 0 unspecified atom stereocenters. The number of nitrogens with one attached hydrogen (secondary N) is 1. The van der Waals surface area contributed by atoms with Crippen molar-refractivity contribution in [2.24, 2.45) is 0 Å². The van der Waals surface area contributed by atoms with Crippen LogP contribution in [0.15, 0.2) is 41.6 Å². The fourth-order valence-corrected chi connectivity index (χ4v) is 2.97. The lowest BCUT2D eigenvalue weighted by Gasteiger charge is -2.16. The third-order valence-corrected chi connectivity index (χ3v) is 4.71. The van der Waals surface area contributed by atoms with Gasteiger partial charge in [0.2, 0.25) is 10.0 Å². The first kappa shape index (κ1) is 14.4. The Bertz CT molecular complexity index is 708. The van der Waals surface area contributed by atoms with Gasteiger partial charge in [-0.25, -0.2) is 8.42 Å². The van der Waals surface area contributed by atoms with E-state index in [9.17, 15) is 13.2 Å². The third-order valence-electron chi connectivity index (χ3n) is 2.91. The van der Waals surface area contributed by atoms with Crippen LogP contribution in [-0.2, 0) is 16.6 Å². The van der Waals surface area contributed by atoms with Crippen molar-refractivity contribution < 1.29 is 13.2 Å². The maximum Gasteiger partial charge on any atom is 0.243 e. The number of rotatable bonds is 5. The van der Waals surface area contributed by atoms with Gasteiger partial charge in [-0.05, 0) is 19.1 Å². The fraction of sp³-hybridized carbons (Fsp3) is 0.231. The van der Waals surface area contributed by atoms with Crippen molar-refractivity contribution in [2.45, 2.75) is 18.4 Å². The zero-order valence-electron chi connectivity index (χ0n) is 11.2. The Hall–Kier alpha value is -1.99. The van der Waals surface area contributed by atoms with Crippen molar-refractivity contribution in [2.75, 3.05) is 7.05 Å². The van der Waals surface area contributed by atoms with Crippen LogP contribution in [0.25, 0.3) is 0 Å². The summed E-state index contributed by atoms with van der Waals surface area (Å²) in [6.07, 6.45) is 3.20. The van der Waals surface area contributed by atoms with Crippen molar-refractivity contribution in [3.63, 3.8) is 0 Å². The van der Waals surface area contributed by atoms with Gasteiger partial charge in [0, 0.05) is 30.9 Å². The van der Waals surface area contributed by atoms with Crippen LogP contribution >= 0.6 is 0 Å². The van der Waals surface area contributed by atoms with Crippen LogP contribution in [0.4, 0.5) is 0 Å². The Morgan fingerprint density at radius 1 is 1.40 bits per heavy atom. The zero-order chi connectivity index (χ0) is 14.8. The van der Waals surface area contributed by atoms with E-state index in [-0.39, 0.29) is 17.2 Å². The largest absolute Gasteiger partial charge is 0.295 e. The highest BCUT2D eigenvalue weighted by Crippen LogP contribution is 2.18. The van der Waals surface area contributed by atoms with E-state index in [4.69, 9.17) is 0 Å². The van der Waals surface area contributed by atoms with Gasteiger partial charge in [0.15, 0.2) is 5.78 Å². The minimum atomic E-state index is -3.63. The quantitative estimate of drug-likeness (QED) is 0.845. The van der Waals surface area contributed by atoms with Crippen molar-refractivity contribution in [3.8, 4) is 0 Å². The molecule has 6 nitrogen and oxygen atoms in total. The predicted molar refractivity (Wildman–Crippen MR) is 73.7 cm³/mol. The number of hydrogen-bond acceptors (Lipinski definition) is 4. The first-order valence-corrected chi connectivity index (χ1v) is 7.40. The molecule has 0 amide bonds. The molecule has 7 heteroatoms. The van der Waals surface area contributed by atoms with Crippen LogP contribution in [0.5, 0.6) is 0 Å². The summed E-state index contributed by atoms with van der Waals surface area (Å²) in [5.41, 5.74) is 1.14. The van der Waals surface area contributed by atoms with Gasteiger partial charge in [0.05, 0.1) is 11.1 Å². The molecule has 1 aromatic carbocycles. The van der Waals surface area contributed by atoms with E-state index >= 15 is 0 Å². The van der Waals surface area contributed by atoms with E-state index < -0.39 is 10.0 Å². The van der Waals surface area contributed by atoms with Crippen LogP contribution in [0, 0.1) is 0 Å². The summed E-state index contributed by atoms with van der Waals surface area (Å²) in [6.45, 7) is 1.62. The number of H-pyrrole nitrogens is 1. The molecule has 0 spiro atoms. The number of aromatic amines is 1. The van der Waals surface area contributed by atoms with Crippen LogP contribution < -0.4 is 0 Å². The number of ketones is 1. The smallest absolute Gasteiger partial charge is 0.243 e. The topological polar surface area (TPSA) is 83.1 Å². The summed E-state index contributed by atoms with van der Waals surface area (Å²) in [7, 11) is -2.14. The average molecular weight is 293 g/mol. The molecule has 0 aliphatic heterocycles. The molecule has 0 atom stereocenters. The summed E-state index contributed by atoms with van der Waals surface area (Å²) in [5, 5.41) is 6.41.